The number of aryl methyl sites for hydroxylation is 1. The number of hydrogen-bond acceptors (Lipinski definition) is 3. The number of benzene rings is 1. The van der Waals surface area contributed by atoms with Gasteiger partial charge in [0, 0.05) is 31.8 Å². The van der Waals surface area contributed by atoms with Gasteiger partial charge in [-0.3, -0.25) is 0 Å². The Bertz CT molecular complexity index is 548. The molecule has 5 nitrogen and oxygen atoms in total. The second kappa shape index (κ2) is 10.5. The van der Waals surface area contributed by atoms with Gasteiger partial charge >= 0.3 is 0 Å². The van der Waals surface area contributed by atoms with Crippen molar-refractivity contribution >= 4 is 5.96 Å². The largest absolute Gasteiger partial charge is 0.381 e. The number of ether oxygens (including phenoxy) is 1. The van der Waals surface area contributed by atoms with E-state index in [-0.39, 0.29) is 5.54 Å². The molecule has 0 aromatic heterocycles. The van der Waals surface area contributed by atoms with Crippen LogP contribution in [0.2, 0.25) is 0 Å². The Morgan fingerprint density at radius 3 is 2.46 bits per heavy atom. The lowest BCUT2D eigenvalue weighted by molar-refractivity contribution is -0.00501. The van der Waals surface area contributed by atoms with Gasteiger partial charge in [0.1, 0.15) is 0 Å². The maximum atomic E-state index is 5.58. The molecule has 1 heterocycles. The van der Waals surface area contributed by atoms with Gasteiger partial charge in [-0.25, -0.2) is 4.99 Å². The topological polar surface area (TPSA) is 48.9 Å². The van der Waals surface area contributed by atoms with Crippen LogP contribution in [0, 0.1) is 6.92 Å². The van der Waals surface area contributed by atoms with E-state index in [0.717, 1.165) is 51.5 Å². The van der Waals surface area contributed by atoms with E-state index >= 15 is 0 Å². The first-order valence-electron chi connectivity index (χ1n) is 9.89. The summed E-state index contributed by atoms with van der Waals surface area (Å²) in [6.45, 7) is 8.52. The van der Waals surface area contributed by atoms with Crippen molar-refractivity contribution in [1.82, 2.24) is 15.5 Å². The van der Waals surface area contributed by atoms with Gasteiger partial charge in [0.15, 0.2) is 5.96 Å². The van der Waals surface area contributed by atoms with Crippen LogP contribution in [-0.2, 0) is 11.3 Å². The van der Waals surface area contributed by atoms with Gasteiger partial charge in [-0.15, -0.1) is 0 Å². The van der Waals surface area contributed by atoms with E-state index in [9.17, 15) is 0 Å². The molecule has 1 saturated heterocycles. The molecule has 2 N–H and O–H groups in total. The molecular formula is C21H36N4O. The fourth-order valence-corrected chi connectivity index (χ4v) is 3.20. The third kappa shape index (κ3) is 6.29. The lowest BCUT2D eigenvalue weighted by Gasteiger charge is -2.43. The van der Waals surface area contributed by atoms with E-state index < -0.39 is 0 Å². The predicted molar refractivity (Wildman–Crippen MR) is 110 cm³/mol. The van der Waals surface area contributed by atoms with Crippen LogP contribution in [0.25, 0.3) is 0 Å². The Morgan fingerprint density at radius 1 is 1.15 bits per heavy atom. The normalized spacial score (nSPS) is 17.3. The summed E-state index contributed by atoms with van der Waals surface area (Å²) in [5, 5.41) is 7.08. The van der Waals surface area contributed by atoms with Crippen molar-refractivity contribution < 1.29 is 4.74 Å². The average molecular weight is 361 g/mol. The SMILES string of the molecule is CCCCNC(=NCc1ccc(C)cc1)NCC1(N(C)C)CCOCC1. The summed E-state index contributed by atoms with van der Waals surface area (Å²) < 4.78 is 5.58. The van der Waals surface area contributed by atoms with Gasteiger partial charge in [0.05, 0.1) is 6.54 Å². The molecule has 1 fully saturated rings. The second-order valence-electron chi connectivity index (χ2n) is 7.52. The first-order valence-corrected chi connectivity index (χ1v) is 9.89. The number of unbranched alkanes of at least 4 members (excludes halogenated alkanes) is 1. The summed E-state index contributed by atoms with van der Waals surface area (Å²) in [6.07, 6.45) is 4.43. The quantitative estimate of drug-likeness (QED) is 0.425. The van der Waals surface area contributed by atoms with E-state index in [1.165, 1.54) is 17.5 Å². The molecule has 0 aliphatic carbocycles. The maximum absolute atomic E-state index is 5.58. The average Bonchev–Trinajstić information content (AvgIpc) is 2.65. The first-order chi connectivity index (χ1) is 12.6. The summed E-state index contributed by atoms with van der Waals surface area (Å²) in [4.78, 5) is 7.15. The molecule has 146 valence electrons. The van der Waals surface area contributed by atoms with Crippen LogP contribution in [0.1, 0.15) is 43.7 Å². The van der Waals surface area contributed by atoms with Gasteiger partial charge in [0.25, 0.3) is 0 Å². The van der Waals surface area contributed by atoms with Crippen molar-refractivity contribution in [2.45, 2.75) is 51.6 Å². The third-order valence-corrected chi connectivity index (χ3v) is 5.32. The third-order valence-electron chi connectivity index (χ3n) is 5.32. The van der Waals surface area contributed by atoms with Crippen LogP contribution in [-0.4, -0.2) is 56.8 Å². The lowest BCUT2D eigenvalue weighted by Crippen LogP contribution is -2.57. The van der Waals surface area contributed by atoms with Crippen molar-refractivity contribution in [1.29, 1.82) is 0 Å². The van der Waals surface area contributed by atoms with Crippen LogP contribution in [0.5, 0.6) is 0 Å². The van der Waals surface area contributed by atoms with Gasteiger partial charge in [-0.05, 0) is 45.8 Å². The standard InChI is InChI=1S/C21H36N4O/c1-5-6-13-22-20(23-16-19-9-7-18(2)8-10-19)24-17-21(25(3)4)11-14-26-15-12-21/h7-10H,5-6,11-17H2,1-4H3,(H2,22,23,24). The Balaban J connectivity index is 2.00. The molecule has 0 amide bonds. The van der Waals surface area contributed by atoms with Crippen molar-refractivity contribution in [3.8, 4) is 0 Å². The maximum Gasteiger partial charge on any atom is 0.191 e. The number of nitrogens with one attached hydrogen (secondary N) is 2. The Labute approximate surface area is 159 Å². The molecule has 1 aromatic carbocycles. The summed E-state index contributed by atoms with van der Waals surface area (Å²) in [5.41, 5.74) is 2.65. The van der Waals surface area contributed by atoms with E-state index in [2.05, 4.69) is 67.7 Å². The van der Waals surface area contributed by atoms with Crippen molar-refractivity contribution in [2.75, 3.05) is 40.4 Å². The zero-order valence-electron chi connectivity index (χ0n) is 17.0. The van der Waals surface area contributed by atoms with Gasteiger partial charge in [-0.1, -0.05) is 43.2 Å². The van der Waals surface area contributed by atoms with Crippen molar-refractivity contribution in [3.05, 3.63) is 35.4 Å². The van der Waals surface area contributed by atoms with Crippen LogP contribution in [0.3, 0.4) is 0 Å². The van der Waals surface area contributed by atoms with Crippen LogP contribution in [0.15, 0.2) is 29.3 Å². The minimum Gasteiger partial charge on any atom is -0.381 e. The lowest BCUT2D eigenvalue weighted by atomic mass is 9.88. The minimum absolute atomic E-state index is 0.134. The zero-order chi connectivity index (χ0) is 18.8. The van der Waals surface area contributed by atoms with E-state index in [4.69, 9.17) is 9.73 Å². The molecule has 1 aromatic rings. The summed E-state index contributed by atoms with van der Waals surface area (Å²) in [5.74, 6) is 0.909. The number of rotatable bonds is 8. The van der Waals surface area contributed by atoms with Crippen LogP contribution >= 0.6 is 0 Å². The smallest absolute Gasteiger partial charge is 0.191 e. The highest BCUT2D eigenvalue weighted by atomic mass is 16.5. The number of likely N-dealkylation sites (N-methyl/N-ethyl adjacent to an activating group) is 1. The molecule has 0 bridgehead atoms. The Morgan fingerprint density at radius 2 is 1.85 bits per heavy atom. The molecule has 0 atom stereocenters. The molecule has 0 spiro atoms. The predicted octanol–water partition coefficient (Wildman–Crippen LogP) is 2.94. The van der Waals surface area contributed by atoms with Crippen molar-refractivity contribution in [2.24, 2.45) is 4.99 Å². The van der Waals surface area contributed by atoms with E-state index in [1.54, 1.807) is 0 Å². The van der Waals surface area contributed by atoms with Crippen LogP contribution in [0.4, 0.5) is 0 Å². The highest BCUT2D eigenvalue weighted by Crippen LogP contribution is 2.25. The molecule has 1 aliphatic heterocycles. The number of nitrogens with zero attached hydrogens (tertiary/aromatic N) is 2. The number of aliphatic imine (C=N–C) groups is 1. The fourth-order valence-electron chi connectivity index (χ4n) is 3.20. The Hall–Kier alpha value is -1.59. The molecule has 2 rings (SSSR count). The zero-order valence-corrected chi connectivity index (χ0v) is 17.0. The fraction of sp³-hybridized carbons (Fsp3) is 0.667. The summed E-state index contributed by atoms with van der Waals surface area (Å²) >= 11 is 0. The Kier molecular flexibility index (Phi) is 8.39. The molecule has 0 unspecified atom stereocenters. The molecule has 1 aliphatic rings. The highest BCUT2D eigenvalue weighted by Gasteiger charge is 2.34. The van der Waals surface area contributed by atoms with Crippen LogP contribution < -0.4 is 10.6 Å². The minimum atomic E-state index is 0.134. The molecule has 26 heavy (non-hydrogen) atoms. The van der Waals surface area contributed by atoms with E-state index in [0.29, 0.717) is 6.54 Å². The van der Waals surface area contributed by atoms with Gasteiger partial charge in [-0.2, -0.15) is 0 Å². The summed E-state index contributed by atoms with van der Waals surface area (Å²) in [6, 6.07) is 8.60. The number of hydrogen-bond donors (Lipinski definition) is 2. The van der Waals surface area contributed by atoms with Gasteiger partial charge < -0.3 is 20.3 Å². The van der Waals surface area contributed by atoms with E-state index in [1.807, 2.05) is 0 Å². The summed E-state index contributed by atoms with van der Waals surface area (Å²) in [7, 11) is 4.33. The second-order valence-corrected chi connectivity index (χ2v) is 7.52. The molecule has 0 saturated carbocycles. The van der Waals surface area contributed by atoms with Gasteiger partial charge in [0.2, 0.25) is 0 Å². The highest BCUT2D eigenvalue weighted by molar-refractivity contribution is 5.79. The van der Waals surface area contributed by atoms with Crippen molar-refractivity contribution in [3.63, 3.8) is 0 Å². The molecular weight excluding hydrogens is 324 g/mol. The monoisotopic (exact) mass is 360 g/mol. The molecule has 5 heteroatoms. The number of guanidine groups is 1. The molecule has 0 radical (unpaired) electrons. The first kappa shape index (κ1) is 20.7.